The van der Waals surface area contributed by atoms with Crippen LogP contribution in [-0.4, -0.2) is 46.6 Å². The van der Waals surface area contributed by atoms with Crippen molar-refractivity contribution in [3.63, 3.8) is 0 Å². The smallest absolute Gasteiger partial charge is 0.339 e. The van der Waals surface area contributed by atoms with Crippen LogP contribution in [0.4, 0.5) is 16.2 Å². The summed E-state index contributed by atoms with van der Waals surface area (Å²) in [6.07, 6.45) is 1.38. The van der Waals surface area contributed by atoms with E-state index >= 15 is 0 Å². The number of nitrogens with zero attached hydrogens (tertiary/aromatic N) is 3. The van der Waals surface area contributed by atoms with Crippen LogP contribution >= 0.6 is 11.8 Å². The fourth-order valence-electron chi connectivity index (χ4n) is 3.53. The molecule has 1 saturated heterocycles. The second kappa shape index (κ2) is 11.1. The minimum absolute atomic E-state index is 0.0229. The molecule has 0 aromatic heterocycles. The van der Waals surface area contributed by atoms with Gasteiger partial charge in [-0.3, -0.25) is 39.5 Å². The van der Waals surface area contributed by atoms with Crippen LogP contribution in [0.1, 0.15) is 21.5 Å². The molecule has 1 aliphatic heterocycles. The van der Waals surface area contributed by atoms with E-state index in [1.165, 1.54) is 61.5 Å². The number of rotatable bonds is 9. The Morgan fingerprint density at radius 1 is 0.975 bits per heavy atom. The monoisotopic (exact) mass is 583 g/mol. The van der Waals surface area contributed by atoms with E-state index in [1.807, 2.05) is 0 Å². The van der Waals surface area contributed by atoms with Gasteiger partial charge in [-0.15, -0.1) is 0 Å². The molecule has 40 heavy (non-hydrogen) atoms. The van der Waals surface area contributed by atoms with Gasteiger partial charge in [0.1, 0.15) is 10.6 Å². The number of imide groups is 1. The third-order valence-electron chi connectivity index (χ3n) is 5.63. The molecule has 204 valence electrons. The van der Waals surface area contributed by atoms with Crippen molar-refractivity contribution in [2.75, 3.05) is 6.54 Å². The second-order valence-corrected chi connectivity index (χ2v) is 10.8. The molecule has 0 radical (unpaired) electrons. The number of hydrogen-bond acceptors (Lipinski definition) is 11. The maximum Gasteiger partial charge on any atom is 0.339 e. The Balaban J connectivity index is 1.45. The number of carbonyl (C=O) groups is 3. The molecule has 1 heterocycles. The van der Waals surface area contributed by atoms with Gasteiger partial charge < -0.3 is 4.18 Å². The van der Waals surface area contributed by atoms with Crippen molar-refractivity contribution in [3.05, 3.63) is 109 Å². The van der Waals surface area contributed by atoms with Gasteiger partial charge in [-0.05, 0) is 60.7 Å². The van der Waals surface area contributed by atoms with E-state index in [1.54, 1.807) is 0 Å². The van der Waals surface area contributed by atoms with Gasteiger partial charge in [0.05, 0.1) is 21.3 Å². The summed E-state index contributed by atoms with van der Waals surface area (Å²) in [7, 11) is -4.38. The lowest BCUT2D eigenvalue weighted by atomic mass is 10.1. The number of ketones is 1. The lowest BCUT2D eigenvalue weighted by molar-refractivity contribution is -0.385. The van der Waals surface area contributed by atoms with E-state index in [4.69, 9.17) is 4.18 Å². The Hall–Kier alpha value is -4.89. The van der Waals surface area contributed by atoms with Gasteiger partial charge in [0.15, 0.2) is 5.78 Å². The van der Waals surface area contributed by atoms with Gasteiger partial charge in [-0.2, -0.15) is 8.42 Å². The number of carbonyl (C=O) groups excluding carboxylic acids is 3. The van der Waals surface area contributed by atoms with E-state index in [0.29, 0.717) is 17.3 Å². The Bertz CT molecular complexity index is 1700. The molecule has 0 N–H and O–H groups in total. The Morgan fingerprint density at radius 2 is 1.62 bits per heavy atom. The normalized spacial score (nSPS) is 14.4. The molecule has 1 aliphatic rings. The fraction of sp³-hybridized carbons (Fsp3) is 0.0800. The van der Waals surface area contributed by atoms with E-state index in [2.05, 4.69) is 0 Å². The van der Waals surface area contributed by atoms with Crippen LogP contribution < -0.4 is 4.18 Å². The van der Waals surface area contributed by atoms with Crippen molar-refractivity contribution in [1.82, 2.24) is 4.90 Å². The number of thioether (sulfide) groups is 1. The summed E-state index contributed by atoms with van der Waals surface area (Å²) in [6.45, 7) is 0.918. The van der Waals surface area contributed by atoms with Crippen molar-refractivity contribution >= 4 is 56.3 Å². The first kappa shape index (κ1) is 28.1. The molecule has 3 aromatic carbocycles. The molecule has 0 aliphatic carbocycles. The first-order valence-corrected chi connectivity index (χ1v) is 13.4. The second-order valence-electron chi connectivity index (χ2n) is 8.31. The molecule has 3 aromatic rings. The predicted molar refractivity (Wildman–Crippen MR) is 142 cm³/mol. The summed E-state index contributed by atoms with van der Waals surface area (Å²) in [5.74, 6) is -1.39. The van der Waals surface area contributed by atoms with Gasteiger partial charge in [0.25, 0.3) is 22.5 Å². The highest BCUT2D eigenvalue weighted by Crippen LogP contribution is 2.33. The first-order valence-electron chi connectivity index (χ1n) is 11.2. The number of non-ortho nitro benzene ring substituents is 1. The number of hydrogen-bond donors (Lipinski definition) is 0. The molecular weight excluding hydrogens is 566 g/mol. The van der Waals surface area contributed by atoms with Crippen molar-refractivity contribution in [2.45, 2.75) is 11.8 Å². The molecule has 4 rings (SSSR count). The third-order valence-corrected chi connectivity index (χ3v) is 7.78. The zero-order chi connectivity index (χ0) is 29.2. The number of nitro benzene ring substituents is 2. The quantitative estimate of drug-likeness (QED) is 0.114. The highest BCUT2D eigenvalue weighted by molar-refractivity contribution is 8.18. The zero-order valence-corrected chi connectivity index (χ0v) is 22.0. The maximum absolute atomic E-state index is 12.8. The molecule has 0 saturated carbocycles. The minimum atomic E-state index is -4.38. The molecule has 15 heteroatoms. The number of Topliss-reactive ketones (excluding diaryl/α,β-unsaturated/α-hetero) is 1. The van der Waals surface area contributed by atoms with Crippen LogP contribution in [0.15, 0.2) is 76.5 Å². The summed E-state index contributed by atoms with van der Waals surface area (Å²) in [4.78, 5) is 58.6. The van der Waals surface area contributed by atoms with Gasteiger partial charge in [0, 0.05) is 29.3 Å². The number of benzene rings is 3. The van der Waals surface area contributed by atoms with Gasteiger partial charge in [-0.25, -0.2) is 0 Å². The van der Waals surface area contributed by atoms with Gasteiger partial charge >= 0.3 is 10.1 Å². The highest BCUT2D eigenvalue weighted by atomic mass is 32.2. The standard InChI is InChI=1S/C25H17N3O10S2/c1-15-2-11-20(13-21(15)28(34)35)40(36,37)38-19-9-3-16(4-10-19)12-23-24(30)26(25(31)39-23)14-22(29)17-5-7-18(8-6-17)27(32)33/h2-13H,14H2,1H3/b23-12-. The molecule has 0 atom stereocenters. The molecule has 13 nitrogen and oxygen atoms in total. The summed E-state index contributed by atoms with van der Waals surface area (Å²) < 4.78 is 30.3. The van der Waals surface area contributed by atoms with E-state index in [-0.39, 0.29) is 33.2 Å². The van der Waals surface area contributed by atoms with E-state index in [9.17, 15) is 43.0 Å². The minimum Gasteiger partial charge on any atom is -0.379 e. The Labute approximate surface area is 230 Å². The van der Waals surface area contributed by atoms with Crippen LogP contribution in [0, 0.1) is 27.2 Å². The van der Waals surface area contributed by atoms with Crippen molar-refractivity contribution in [3.8, 4) is 5.75 Å². The molecule has 2 amide bonds. The van der Waals surface area contributed by atoms with Gasteiger partial charge in [0.2, 0.25) is 0 Å². The predicted octanol–water partition coefficient (Wildman–Crippen LogP) is 4.50. The van der Waals surface area contributed by atoms with Crippen LogP contribution in [0.2, 0.25) is 0 Å². The lowest BCUT2D eigenvalue weighted by Crippen LogP contribution is -2.33. The average molecular weight is 584 g/mol. The molecular formula is C25H17N3O10S2. The van der Waals surface area contributed by atoms with Crippen molar-refractivity contribution in [2.24, 2.45) is 0 Å². The van der Waals surface area contributed by atoms with Crippen LogP contribution in [0.5, 0.6) is 5.75 Å². The van der Waals surface area contributed by atoms with Crippen LogP contribution in [-0.2, 0) is 14.9 Å². The number of nitro groups is 2. The maximum atomic E-state index is 12.8. The average Bonchev–Trinajstić information content (AvgIpc) is 3.16. The Morgan fingerprint density at radius 3 is 2.23 bits per heavy atom. The van der Waals surface area contributed by atoms with Crippen molar-refractivity contribution < 1.29 is 36.8 Å². The lowest BCUT2D eigenvalue weighted by Gasteiger charge is -2.11. The molecule has 0 unspecified atom stereocenters. The van der Waals surface area contributed by atoms with Crippen LogP contribution in [0.25, 0.3) is 6.08 Å². The molecule has 0 bridgehead atoms. The third kappa shape index (κ3) is 6.05. The summed E-state index contributed by atoms with van der Waals surface area (Å²) in [5.41, 5.74) is 0.220. The topological polar surface area (TPSA) is 184 Å². The molecule has 0 spiro atoms. The zero-order valence-electron chi connectivity index (χ0n) is 20.4. The summed E-state index contributed by atoms with van der Waals surface area (Å²) in [6, 6.07) is 13.6. The summed E-state index contributed by atoms with van der Waals surface area (Å²) >= 11 is 0.611. The highest BCUT2D eigenvalue weighted by Gasteiger charge is 2.36. The van der Waals surface area contributed by atoms with E-state index in [0.717, 1.165) is 23.1 Å². The van der Waals surface area contributed by atoms with E-state index < -0.39 is 48.3 Å². The largest absolute Gasteiger partial charge is 0.379 e. The summed E-state index contributed by atoms with van der Waals surface area (Å²) in [5, 5.41) is 21.2. The number of amides is 2. The fourth-order valence-corrected chi connectivity index (χ4v) is 5.32. The molecule has 1 fully saturated rings. The SMILES string of the molecule is Cc1ccc(S(=O)(=O)Oc2ccc(/C=C3\SC(=O)N(CC(=O)c4ccc([N+](=O)[O-])cc4)C3=O)cc2)cc1[N+](=O)[O-]. The Kier molecular flexibility index (Phi) is 7.79. The first-order chi connectivity index (χ1) is 18.9. The van der Waals surface area contributed by atoms with Crippen molar-refractivity contribution in [1.29, 1.82) is 0 Å². The number of aryl methyl sites for hydroxylation is 1. The van der Waals surface area contributed by atoms with Gasteiger partial charge in [-0.1, -0.05) is 18.2 Å². The van der Waals surface area contributed by atoms with Crippen LogP contribution in [0.3, 0.4) is 0 Å².